The predicted octanol–water partition coefficient (Wildman–Crippen LogP) is 8.51. The summed E-state index contributed by atoms with van der Waals surface area (Å²) in [6.07, 6.45) is 1.76. The number of aryl methyl sites for hydroxylation is 1. The van der Waals surface area contributed by atoms with Crippen molar-refractivity contribution < 1.29 is 13.9 Å². The lowest BCUT2D eigenvalue weighted by Crippen LogP contribution is -2.12. The van der Waals surface area contributed by atoms with Crippen LogP contribution in [0.4, 0.5) is 5.82 Å². The SMILES string of the molecule is Cc1cc(OCc2ccc(C(=O)Nc3nn(Cc4ccc(Cl)c(Cl)c4)cc3Br)o2)c(C(C)C)cc1Cl. The molecule has 36 heavy (non-hydrogen) atoms. The first-order chi connectivity index (χ1) is 17.1. The number of rotatable bonds is 8. The van der Waals surface area contributed by atoms with Gasteiger partial charge in [0.25, 0.3) is 5.91 Å². The zero-order valence-corrected chi connectivity index (χ0v) is 23.6. The van der Waals surface area contributed by atoms with Crippen LogP contribution >= 0.6 is 50.7 Å². The number of ether oxygens (including phenoxy) is 1. The highest BCUT2D eigenvalue weighted by Crippen LogP contribution is 2.32. The summed E-state index contributed by atoms with van der Waals surface area (Å²) < 4.78 is 14.0. The summed E-state index contributed by atoms with van der Waals surface area (Å²) in [5, 5.41) is 8.86. The average Bonchev–Trinajstić information content (AvgIpc) is 3.43. The van der Waals surface area contributed by atoms with Crippen LogP contribution in [-0.2, 0) is 13.2 Å². The van der Waals surface area contributed by atoms with Gasteiger partial charge in [0.15, 0.2) is 11.6 Å². The van der Waals surface area contributed by atoms with Crippen molar-refractivity contribution in [2.24, 2.45) is 0 Å². The van der Waals surface area contributed by atoms with E-state index in [1.165, 1.54) is 0 Å². The Balaban J connectivity index is 1.40. The molecule has 0 aliphatic rings. The molecule has 0 atom stereocenters. The predicted molar refractivity (Wildman–Crippen MR) is 147 cm³/mol. The molecule has 4 aromatic rings. The molecule has 2 aromatic heterocycles. The number of furan rings is 1. The Morgan fingerprint density at radius 1 is 1.11 bits per heavy atom. The van der Waals surface area contributed by atoms with E-state index in [0.717, 1.165) is 22.4 Å². The molecule has 0 fully saturated rings. The Kier molecular flexibility index (Phi) is 8.35. The number of halogens is 4. The number of benzene rings is 2. The van der Waals surface area contributed by atoms with E-state index in [2.05, 4.69) is 40.2 Å². The fourth-order valence-electron chi connectivity index (χ4n) is 3.53. The maximum Gasteiger partial charge on any atom is 0.292 e. The quantitative estimate of drug-likeness (QED) is 0.217. The smallest absolute Gasteiger partial charge is 0.292 e. The fourth-order valence-corrected chi connectivity index (χ4v) is 4.44. The molecule has 0 saturated carbocycles. The first kappa shape index (κ1) is 26.6. The molecule has 0 aliphatic heterocycles. The van der Waals surface area contributed by atoms with E-state index < -0.39 is 5.91 Å². The number of nitrogens with one attached hydrogen (secondary N) is 1. The zero-order chi connectivity index (χ0) is 26.0. The molecule has 0 aliphatic carbocycles. The van der Waals surface area contributed by atoms with Gasteiger partial charge >= 0.3 is 0 Å². The molecule has 0 spiro atoms. The first-order valence-corrected chi connectivity index (χ1v) is 13.0. The number of aromatic nitrogens is 2. The van der Waals surface area contributed by atoms with E-state index in [0.29, 0.717) is 37.7 Å². The van der Waals surface area contributed by atoms with Crippen molar-refractivity contribution >= 4 is 62.5 Å². The third-order valence-corrected chi connectivity index (χ3v) is 7.17. The topological polar surface area (TPSA) is 69.3 Å². The molecule has 0 saturated heterocycles. The minimum Gasteiger partial charge on any atom is -0.485 e. The number of nitrogens with zero attached hydrogens (tertiary/aromatic N) is 2. The second-order valence-corrected chi connectivity index (χ2v) is 10.7. The first-order valence-electron chi connectivity index (χ1n) is 11.1. The number of carbonyl (C=O) groups excluding carboxylic acids is 1. The Hall–Kier alpha value is -2.45. The second-order valence-electron chi connectivity index (χ2n) is 8.57. The summed E-state index contributed by atoms with van der Waals surface area (Å²) >= 11 is 21.8. The van der Waals surface area contributed by atoms with Gasteiger partial charge < -0.3 is 14.5 Å². The Bertz CT molecular complexity index is 1410. The highest BCUT2D eigenvalue weighted by Gasteiger charge is 2.17. The van der Waals surface area contributed by atoms with Gasteiger partial charge in [-0.2, -0.15) is 5.10 Å². The van der Waals surface area contributed by atoms with Crippen LogP contribution in [0.5, 0.6) is 5.75 Å². The van der Waals surface area contributed by atoms with Gasteiger partial charge in [-0.1, -0.05) is 54.7 Å². The molecule has 0 unspecified atom stereocenters. The van der Waals surface area contributed by atoms with E-state index in [4.69, 9.17) is 44.0 Å². The molecule has 188 valence electrons. The van der Waals surface area contributed by atoms with E-state index in [1.54, 1.807) is 35.1 Å². The summed E-state index contributed by atoms with van der Waals surface area (Å²) in [5.41, 5.74) is 2.86. The molecule has 0 bridgehead atoms. The minimum absolute atomic E-state index is 0.149. The lowest BCUT2D eigenvalue weighted by atomic mass is 10.0. The summed E-state index contributed by atoms with van der Waals surface area (Å²) in [5.74, 6) is 1.60. The molecule has 2 aromatic carbocycles. The Morgan fingerprint density at radius 3 is 2.61 bits per heavy atom. The zero-order valence-electron chi connectivity index (χ0n) is 19.7. The number of hydrogen-bond donors (Lipinski definition) is 1. The normalized spacial score (nSPS) is 11.2. The van der Waals surface area contributed by atoms with Crippen molar-refractivity contribution in [3.63, 3.8) is 0 Å². The monoisotopic (exact) mass is 609 g/mol. The van der Waals surface area contributed by atoms with Crippen LogP contribution in [0.3, 0.4) is 0 Å². The van der Waals surface area contributed by atoms with Gasteiger partial charge in [0.05, 0.1) is 21.1 Å². The van der Waals surface area contributed by atoms with Crippen molar-refractivity contribution in [2.45, 2.75) is 39.8 Å². The van der Waals surface area contributed by atoms with Crippen LogP contribution < -0.4 is 10.1 Å². The van der Waals surface area contributed by atoms with Crippen molar-refractivity contribution in [1.29, 1.82) is 0 Å². The standard InChI is InChI=1S/C26H23BrCl3N3O3/c1-14(2)18-10-21(29)15(3)8-24(18)35-13-17-5-7-23(36-17)26(34)31-25-19(27)12-33(32-25)11-16-4-6-20(28)22(30)9-16/h4-10,12,14H,11,13H2,1-3H3,(H,31,32,34). The maximum atomic E-state index is 12.8. The van der Waals surface area contributed by atoms with Gasteiger partial charge in [0.2, 0.25) is 0 Å². The van der Waals surface area contributed by atoms with Crippen LogP contribution in [0.2, 0.25) is 15.1 Å². The van der Waals surface area contributed by atoms with E-state index >= 15 is 0 Å². The number of anilines is 1. The van der Waals surface area contributed by atoms with E-state index in [1.807, 2.05) is 25.1 Å². The highest BCUT2D eigenvalue weighted by molar-refractivity contribution is 9.10. The van der Waals surface area contributed by atoms with E-state index in [-0.39, 0.29) is 18.3 Å². The molecule has 1 N–H and O–H groups in total. The molecular formula is C26H23BrCl3N3O3. The molecular weight excluding hydrogens is 589 g/mol. The molecule has 6 nitrogen and oxygen atoms in total. The molecule has 0 radical (unpaired) electrons. The van der Waals surface area contributed by atoms with Crippen molar-refractivity contribution in [1.82, 2.24) is 9.78 Å². The molecule has 1 amide bonds. The van der Waals surface area contributed by atoms with Crippen molar-refractivity contribution in [3.8, 4) is 5.75 Å². The van der Waals surface area contributed by atoms with Crippen LogP contribution in [0.1, 0.15) is 52.8 Å². The third kappa shape index (κ3) is 6.27. The Labute approximate surface area is 232 Å². The van der Waals surface area contributed by atoms with Gasteiger partial charge in [0, 0.05) is 11.2 Å². The van der Waals surface area contributed by atoms with Crippen LogP contribution in [0.15, 0.2) is 57.6 Å². The van der Waals surface area contributed by atoms with Crippen LogP contribution in [0, 0.1) is 6.92 Å². The van der Waals surface area contributed by atoms with Gasteiger partial charge in [-0.05, 0) is 81.9 Å². The van der Waals surface area contributed by atoms with E-state index in [9.17, 15) is 4.79 Å². The largest absolute Gasteiger partial charge is 0.485 e. The minimum atomic E-state index is -0.424. The summed E-state index contributed by atoms with van der Waals surface area (Å²) in [6, 6.07) is 12.5. The van der Waals surface area contributed by atoms with Gasteiger partial charge in [-0.15, -0.1) is 0 Å². The molecule has 10 heteroatoms. The summed E-state index contributed by atoms with van der Waals surface area (Å²) in [6.45, 7) is 6.71. The lowest BCUT2D eigenvalue weighted by molar-refractivity contribution is 0.0992. The average molecular weight is 612 g/mol. The lowest BCUT2D eigenvalue weighted by Gasteiger charge is -2.15. The van der Waals surface area contributed by atoms with Crippen LogP contribution in [-0.4, -0.2) is 15.7 Å². The fraction of sp³-hybridized carbons (Fsp3) is 0.231. The maximum absolute atomic E-state index is 12.8. The van der Waals surface area contributed by atoms with Gasteiger partial charge in [-0.25, -0.2) is 0 Å². The Morgan fingerprint density at radius 2 is 1.89 bits per heavy atom. The summed E-state index contributed by atoms with van der Waals surface area (Å²) in [4.78, 5) is 12.8. The van der Waals surface area contributed by atoms with Crippen molar-refractivity contribution in [3.05, 3.63) is 96.4 Å². The second kappa shape index (κ2) is 11.3. The third-order valence-electron chi connectivity index (χ3n) is 5.45. The van der Waals surface area contributed by atoms with Crippen LogP contribution in [0.25, 0.3) is 0 Å². The van der Waals surface area contributed by atoms with Crippen molar-refractivity contribution in [2.75, 3.05) is 5.32 Å². The summed E-state index contributed by atoms with van der Waals surface area (Å²) in [7, 11) is 0. The van der Waals surface area contributed by atoms with Gasteiger partial charge in [0.1, 0.15) is 18.1 Å². The molecule has 4 rings (SSSR count). The highest BCUT2D eigenvalue weighted by atomic mass is 79.9. The van der Waals surface area contributed by atoms with Gasteiger partial charge in [-0.3, -0.25) is 9.48 Å². The number of amides is 1. The number of hydrogen-bond acceptors (Lipinski definition) is 4. The molecule has 2 heterocycles. The number of carbonyl (C=O) groups is 1.